The molecule has 8 nitrogen and oxygen atoms in total. The second-order valence-electron chi connectivity index (χ2n) is 4.61. The standard InChI is InChI=1S/C14H17N5O3S/c1-3-12-16-17-14(18(12)4-2)23-9-13(20)15-10-7-5-6-8-11(10)19(21)22/h5-8H,3-4,9H2,1-2H3,(H,15,20). The first-order chi connectivity index (χ1) is 11.1. The summed E-state index contributed by atoms with van der Waals surface area (Å²) in [6.45, 7) is 4.70. The molecule has 0 aliphatic rings. The maximum absolute atomic E-state index is 12.0. The topological polar surface area (TPSA) is 103 Å². The van der Waals surface area contributed by atoms with Crippen LogP contribution in [-0.2, 0) is 17.8 Å². The molecule has 0 bridgehead atoms. The average Bonchev–Trinajstić information content (AvgIpc) is 2.95. The van der Waals surface area contributed by atoms with Crippen LogP contribution in [0.3, 0.4) is 0 Å². The Bertz CT molecular complexity index is 716. The Morgan fingerprint density at radius 3 is 2.74 bits per heavy atom. The highest BCUT2D eigenvalue weighted by molar-refractivity contribution is 7.99. The molecular formula is C14H17N5O3S. The van der Waals surface area contributed by atoms with Gasteiger partial charge in [-0.1, -0.05) is 30.8 Å². The van der Waals surface area contributed by atoms with Crippen molar-refractivity contribution in [2.45, 2.75) is 32.0 Å². The van der Waals surface area contributed by atoms with Crippen LogP contribution in [0.1, 0.15) is 19.7 Å². The molecule has 1 N–H and O–H groups in total. The van der Waals surface area contributed by atoms with Crippen molar-refractivity contribution in [1.82, 2.24) is 14.8 Å². The second kappa shape index (κ2) is 7.73. The Hall–Kier alpha value is -2.42. The van der Waals surface area contributed by atoms with Crippen LogP contribution in [0.5, 0.6) is 0 Å². The lowest BCUT2D eigenvalue weighted by molar-refractivity contribution is -0.383. The molecular weight excluding hydrogens is 318 g/mol. The third-order valence-electron chi connectivity index (χ3n) is 3.13. The molecule has 0 unspecified atom stereocenters. The van der Waals surface area contributed by atoms with Crippen molar-refractivity contribution in [2.75, 3.05) is 11.1 Å². The predicted molar refractivity (Wildman–Crippen MR) is 87.5 cm³/mol. The molecule has 0 radical (unpaired) electrons. The Labute approximate surface area is 137 Å². The first-order valence-corrected chi connectivity index (χ1v) is 8.13. The van der Waals surface area contributed by atoms with Gasteiger partial charge in [0.15, 0.2) is 5.16 Å². The molecule has 23 heavy (non-hydrogen) atoms. The monoisotopic (exact) mass is 335 g/mol. The van der Waals surface area contributed by atoms with E-state index in [-0.39, 0.29) is 23.0 Å². The smallest absolute Gasteiger partial charge is 0.292 e. The zero-order chi connectivity index (χ0) is 16.8. The van der Waals surface area contributed by atoms with Crippen LogP contribution >= 0.6 is 11.8 Å². The van der Waals surface area contributed by atoms with Crippen LogP contribution in [-0.4, -0.2) is 31.3 Å². The Morgan fingerprint density at radius 1 is 1.35 bits per heavy atom. The van der Waals surface area contributed by atoms with E-state index in [1.165, 1.54) is 23.9 Å². The van der Waals surface area contributed by atoms with E-state index in [0.717, 1.165) is 18.8 Å². The van der Waals surface area contributed by atoms with E-state index >= 15 is 0 Å². The number of nitrogens with zero attached hydrogens (tertiary/aromatic N) is 4. The molecule has 0 saturated carbocycles. The summed E-state index contributed by atoms with van der Waals surface area (Å²) < 4.78 is 1.95. The van der Waals surface area contributed by atoms with Crippen molar-refractivity contribution >= 4 is 29.0 Å². The van der Waals surface area contributed by atoms with Crippen molar-refractivity contribution in [2.24, 2.45) is 0 Å². The fourth-order valence-corrected chi connectivity index (χ4v) is 2.88. The number of nitro groups is 1. The largest absolute Gasteiger partial charge is 0.320 e. The van der Waals surface area contributed by atoms with Gasteiger partial charge in [-0.3, -0.25) is 14.9 Å². The molecule has 0 fully saturated rings. The number of amides is 1. The van der Waals surface area contributed by atoms with E-state index in [2.05, 4.69) is 15.5 Å². The van der Waals surface area contributed by atoms with Crippen molar-refractivity contribution in [1.29, 1.82) is 0 Å². The van der Waals surface area contributed by atoms with Crippen LogP contribution in [0.25, 0.3) is 0 Å². The number of hydrogen-bond donors (Lipinski definition) is 1. The van der Waals surface area contributed by atoms with Crippen LogP contribution in [0.15, 0.2) is 29.4 Å². The fraction of sp³-hybridized carbons (Fsp3) is 0.357. The molecule has 1 amide bonds. The zero-order valence-electron chi connectivity index (χ0n) is 12.9. The molecule has 0 saturated heterocycles. The lowest BCUT2D eigenvalue weighted by Crippen LogP contribution is -2.15. The lowest BCUT2D eigenvalue weighted by Gasteiger charge is -2.07. The van der Waals surface area contributed by atoms with E-state index in [1.54, 1.807) is 12.1 Å². The van der Waals surface area contributed by atoms with Gasteiger partial charge in [-0.05, 0) is 13.0 Å². The highest BCUT2D eigenvalue weighted by Gasteiger charge is 2.16. The van der Waals surface area contributed by atoms with Gasteiger partial charge >= 0.3 is 0 Å². The van der Waals surface area contributed by atoms with Crippen LogP contribution in [0, 0.1) is 10.1 Å². The van der Waals surface area contributed by atoms with E-state index in [0.29, 0.717) is 5.16 Å². The van der Waals surface area contributed by atoms with Gasteiger partial charge in [-0.2, -0.15) is 0 Å². The minimum Gasteiger partial charge on any atom is -0.320 e. The summed E-state index contributed by atoms with van der Waals surface area (Å²) in [6.07, 6.45) is 0.768. The van der Waals surface area contributed by atoms with Crippen molar-refractivity contribution in [3.8, 4) is 0 Å². The first kappa shape index (κ1) is 16.9. The highest BCUT2D eigenvalue weighted by atomic mass is 32.2. The number of anilines is 1. The molecule has 1 heterocycles. The molecule has 0 spiro atoms. The van der Waals surface area contributed by atoms with Gasteiger partial charge in [0, 0.05) is 19.0 Å². The summed E-state index contributed by atoms with van der Waals surface area (Å²) in [4.78, 5) is 22.4. The fourth-order valence-electron chi connectivity index (χ4n) is 2.06. The number of nitrogens with one attached hydrogen (secondary N) is 1. The Balaban J connectivity index is 2.01. The summed E-state index contributed by atoms with van der Waals surface area (Å²) in [5.41, 5.74) is 0.0603. The minimum absolute atomic E-state index is 0.105. The zero-order valence-corrected chi connectivity index (χ0v) is 13.7. The molecule has 122 valence electrons. The molecule has 0 atom stereocenters. The van der Waals surface area contributed by atoms with Gasteiger partial charge < -0.3 is 9.88 Å². The number of aryl methyl sites for hydroxylation is 1. The number of thioether (sulfide) groups is 1. The summed E-state index contributed by atoms with van der Waals surface area (Å²) >= 11 is 1.26. The molecule has 9 heteroatoms. The maximum atomic E-state index is 12.0. The molecule has 1 aromatic carbocycles. The summed E-state index contributed by atoms with van der Waals surface area (Å²) in [7, 11) is 0. The van der Waals surface area contributed by atoms with E-state index < -0.39 is 4.92 Å². The van der Waals surface area contributed by atoms with Crippen molar-refractivity contribution in [3.63, 3.8) is 0 Å². The number of aromatic nitrogens is 3. The first-order valence-electron chi connectivity index (χ1n) is 7.15. The van der Waals surface area contributed by atoms with E-state index in [9.17, 15) is 14.9 Å². The lowest BCUT2D eigenvalue weighted by atomic mass is 10.2. The highest BCUT2D eigenvalue weighted by Crippen LogP contribution is 2.24. The third kappa shape index (κ3) is 4.07. The number of nitro benzene ring substituents is 1. The number of carbonyl (C=O) groups is 1. The molecule has 0 aliphatic heterocycles. The van der Waals surface area contributed by atoms with E-state index in [4.69, 9.17) is 0 Å². The molecule has 2 aromatic rings. The van der Waals surface area contributed by atoms with Gasteiger partial charge in [-0.15, -0.1) is 10.2 Å². The number of carbonyl (C=O) groups excluding carboxylic acids is 1. The summed E-state index contributed by atoms with van der Waals surface area (Å²) in [5, 5.41) is 22.3. The average molecular weight is 335 g/mol. The number of benzene rings is 1. The van der Waals surface area contributed by atoms with Crippen LogP contribution in [0.4, 0.5) is 11.4 Å². The quantitative estimate of drug-likeness (QED) is 0.474. The normalized spacial score (nSPS) is 10.5. The van der Waals surface area contributed by atoms with Gasteiger partial charge in [0.25, 0.3) is 5.69 Å². The Morgan fingerprint density at radius 2 is 2.09 bits per heavy atom. The number of hydrogen-bond acceptors (Lipinski definition) is 6. The summed E-state index contributed by atoms with van der Waals surface area (Å²) in [5.74, 6) is 0.649. The SMILES string of the molecule is CCc1nnc(SCC(=O)Nc2ccccc2[N+](=O)[O-])n1CC. The van der Waals surface area contributed by atoms with Crippen molar-refractivity contribution in [3.05, 3.63) is 40.2 Å². The minimum atomic E-state index is -0.524. The number of para-hydroxylation sites is 2. The molecule has 0 aliphatic carbocycles. The molecule has 1 aromatic heterocycles. The van der Waals surface area contributed by atoms with Gasteiger partial charge in [-0.25, -0.2) is 0 Å². The number of rotatable bonds is 7. The predicted octanol–water partition coefficient (Wildman–Crippen LogP) is 2.50. The third-order valence-corrected chi connectivity index (χ3v) is 4.10. The second-order valence-corrected chi connectivity index (χ2v) is 5.55. The summed E-state index contributed by atoms with van der Waals surface area (Å²) in [6, 6.07) is 6.05. The van der Waals surface area contributed by atoms with Crippen molar-refractivity contribution < 1.29 is 9.72 Å². The van der Waals surface area contributed by atoms with Gasteiger partial charge in [0.2, 0.25) is 5.91 Å². The van der Waals surface area contributed by atoms with E-state index in [1.807, 2.05) is 18.4 Å². The van der Waals surface area contributed by atoms with Crippen LogP contribution < -0.4 is 5.32 Å². The van der Waals surface area contributed by atoms with Gasteiger partial charge in [0.1, 0.15) is 11.5 Å². The Kier molecular flexibility index (Phi) is 5.69. The molecule has 2 rings (SSSR count). The van der Waals surface area contributed by atoms with Crippen LogP contribution in [0.2, 0.25) is 0 Å². The maximum Gasteiger partial charge on any atom is 0.292 e. The van der Waals surface area contributed by atoms with Gasteiger partial charge in [0.05, 0.1) is 10.7 Å².